The standard InChI is InChI=1S/C21H34ClNO6/c1-6-13-9-21(11-27-21)18(20(4)14(29-20)8-7-12(2)3)17(26-5)16(13)28-19(25)23-15(24)10-22/h12-14,16-18H,6-11H2,1-5H3,(H,23,24,25)/t13-,14-,16-,17-,18-,20?,21+/m1/s1. The SMILES string of the molecule is CC[C@@H]1C[C@]2(CO2)[C@@H](C2(C)O[C@@H]2CCC(C)C)[C@H](OC)[C@@H]1OC(=O)NC(=O)CCl. The van der Waals surface area contributed by atoms with Gasteiger partial charge in [0.2, 0.25) is 5.91 Å². The summed E-state index contributed by atoms with van der Waals surface area (Å²) in [6.07, 6.45) is 2.19. The summed E-state index contributed by atoms with van der Waals surface area (Å²) in [7, 11) is 1.64. The quantitative estimate of drug-likeness (QED) is 0.468. The van der Waals surface area contributed by atoms with Crippen molar-refractivity contribution in [2.75, 3.05) is 19.6 Å². The molecule has 8 heteroatoms. The van der Waals surface area contributed by atoms with Crippen molar-refractivity contribution in [1.29, 1.82) is 0 Å². The molecule has 1 aliphatic carbocycles. The van der Waals surface area contributed by atoms with Gasteiger partial charge in [-0.3, -0.25) is 10.1 Å². The molecule has 166 valence electrons. The molecule has 0 aromatic rings. The zero-order valence-electron chi connectivity index (χ0n) is 18.0. The molecule has 1 spiro atoms. The maximum absolute atomic E-state index is 12.3. The lowest BCUT2D eigenvalue weighted by Gasteiger charge is -2.46. The van der Waals surface area contributed by atoms with Crippen molar-refractivity contribution in [3.63, 3.8) is 0 Å². The average Bonchev–Trinajstić information content (AvgIpc) is 3.58. The summed E-state index contributed by atoms with van der Waals surface area (Å²) in [6.45, 7) is 9.28. The van der Waals surface area contributed by atoms with Crippen molar-refractivity contribution >= 4 is 23.6 Å². The normalized spacial score (nSPS) is 40.7. The second-order valence-electron chi connectivity index (χ2n) is 9.22. The van der Waals surface area contributed by atoms with E-state index in [1.807, 2.05) is 0 Å². The van der Waals surface area contributed by atoms with Crippen molar-refractivity contribution < 1.29 is 28.5 Å². The van der Waals surface area contributed by atoms with Crippen LogP contribution in [0.3, 0.4) is 0 Å². The van der Waals surface area contributed by atoms with Gasteiger partial charge in [-0.2, -0.15) is 0 Å². The van der Waals surface area contributed by atoms with E-state index in [0.29, 0.717) is 12.5 Å². The van der Waals surface area contributed by atoms with Crippen molar-refractivity contribution in [2.45, 2.75) is 82.9 Å². The van der Waals surface area contributed by atoms with E-state index in [2.05, 4.69) is 33.0 Å². The van der Waals surface area contributed by atoms with Crippen LogP contribution < -0.4 is 5.32 Å². The predicted octanol–water partition coefficient (Wildman–Crippen LogP) is 3.27. The van der Waals surface area contributed by atoms with Gasteiger partial charge in [-0.1, -0.05) is 20.8 Å². The van der Waals surface area contributed by atoms with E-state index >= 15 is 0 Å². The predicted molar refractivity (Wildman–Crippen MR) is 108 cm³/mol. The minimum absolute atomic E-state index is 0.0403. The van der Waals surface area contributed by atoms with E-state index in [0.717, 1.165) is 25.7 Å². The molecule has 2 heterocycles. The number of ether oxygens (including phenoxy) is 4. The fourth-order valence-corrected chi connectivity index (χ4v) is 5.24. The van der Waals surface area contributed by atoms with Gasteiger partial charge in [0, 0.05) is 13.0 Å². The van der Waals surface area contributed by atoms with E-state index < -0.39 is 18.1 Å². The van der Waals surface area contributed by atoms with Gasteiger partial charge in [-0.25, -0.2) is 4.79 Å². The van der Waals surface area contributed by atoms with Crippen molar-refractivity contribution in [3.8, 4) is 0 Å². The Labute approximate surface area is 178 Å². The van der Waals surface area contributed by atoms with Crippen LogP contribution in [0, 0.1) is 17.8 Å². The first-order chi connectivity index (χ1) is 13.7. The highest BCUT2D eigenvalue weighted by Crippen LogP contribution is 2.61. The van der Waals surface area contributed by atoms with Crippen LogP contribution in [0.2, 0.25) is 0 Å². The van der Waals surface area contributed by atoms with E-state index in [1.165, 1.54) is 0 Å². The largest absolute Gasteiger partial charge is 0.443 e. The van der Waals surface area contributed by atoms with Crippen LogP contribution in [0.4, 0.5) is 4.79 Å². The lowest BCUT2D eigenvalue weighted by Crippen LogP contribution is -2.59. The fraction of sp³-hybridized carbons (Fsp3) is 0.905. The van der Waals surface area contributed by atoms with Crippen LogP contribution in [0.15, 0.2) is 0 Å². The summed E-state index contributed by atoms with van der Waals surface area (Å²) in [6, 6.07) is 0. The molecular weight excluding hydrogens is 398 g/mol. The summed E-state index contributed by atoms with van der Waals surface area (Å²) in [5.41, 5.74) is -0.653. The van der Waals surface area contributed by atoms with Gasteiger partial charge in [0.05, 0.1) is 18.6 Å². The van der Waals surface area contributed by atoms with E-state index in [9.17, 15) is 9.59 Å². The topological polar surface area (TPSA) is 89.7 Å². The lowest BCUT2D eigenvalue weighted by molar-refractivity contribution is -0.143. The van der Waals surface area contributed by atoms with E-state index in [4.69, 9.17) is 30.5 Å². The summed E-state index contributed by atoms with van der Waals surface area (Å²) >= 11 is 5.48. The maximum atomic E-state index is 12.3. The Morgan fingerprint density at radius 1 is 1.31 bits per heavy atom. The monoisotopic (exact) mass is 431 g/mol. The lowest BCUT2D eigenvalue weighted by atomic mass is 9.64. The number of nitrogens with one attached hydrogen (secondary N) is 1. The maximum Gasteiger partial charge on any atom is 0.414 e. The van der Waals surface area contributed by atoms with Crippen molar-refractivity contribution in [2.24, 2.45) is 17.8 Å². The zero-order valence-corrected chi connectivity index (χ0v) is 18.8. The second-order valence-corrected chi connectivity index (χ2v) is 9.48. The van der Waals surface area contributed by atoms with Gasteiger partial charge >= 0.3 is 6.09 Å². The van der Waals surface area contributed by atoms with Gasteiger partial charge < -0.3 is 18.9 Å². The second kappa shape index (κ2) is 8.69. The number of alkyl halides is 1. The number of hydrogen-bond donors (Lipinski definition) is 1. The number of amides is 2. The average molecular weight is 432 g/mol. The number of imide groups is 1. The first-order valence-electron chi connectivity index (χ1n) is 10.6. The molecule has 1 saturated carbocycles. The van der Waals surface area contributed by atoms with Crippen LogP contribution in [0.25, 0.3) is 0 Å². The number of methoxy groups -OCH3 is 1. The van der Waals surface area contributed by atoms with Crippen LogP contribution in [0.5, 0.6) is 0 Å². The van der Waals surface area contributed by atoms with Gasteiger partial charge in [0.25, 0.3) is 0 Å². The number of rotatable bonds is 8. The number of halogens is 1. The molecule has 3 aliphatic rings. The van der Waals surface area contributed by atoms with E-state index in [-0.39, 0.29) is 41.1 Å². The van der Waals surface area contributed by atoms with Crippen LogP contribution >= 0.6 is 11.6 Å². The minimum atomic E-state index is -0.786. The Kier molecular flexibility index (Phi) is 6.83. The molecule has 2 saturated heterocycles. The number of alkyl carbamates (subject to hydrolysis) is 1. The molecule has 1 N–H and O–H groups in total. The molecule has 3 rings (SSSR count). The molecule has 3 fully saturated rings. The van der Waals surface area contributed by atoms with Gasteiger partial charge in [0.15, 0.2) is 0 Å². The van der Waals surface area contributed by atoms with Crippen molar-refractivity contribution in [1.82, 2.24) is 5.32 Å². The number of hydrogen-bond acceptors (Lipinski definition) is 6. The molecule has 29 heavy (non-hydrogen) atoms. The summed E-state index contributed by atoms with van der Waals surface area (Å²) < 4.78 is 23.9. The third-order valence-electron chi connectivity index (χ3n) is 6.81. The van der Waals surface area contributed by atoms with Gasteiger partial charge in [0.1, 0.15) is 29.3 Å². The minimum Gasteiger partial charge on any atom is -0.443 e. The highest BCUT2D eigenvalue weighted by molar-refractivity contribution is 6.28. The molecule has 0 radical (unpaired) electrons. The third kappa shape index (κ3) is 4.58. The molecule has 0 bridgehead atoms. The third-order valence-corrected chi connectivity index (χ3v) is 7.05. The Bertz CT molecular complexity index is 624. The highest BCUT2D eigenvalue weighted by atomic mass is 35.5. The van der Waals surface area contributed by atoms with Crippen LogP contribution in [-0.2, 0) is 23.7 Å². The molecule has 0 aromatic carbocycles. The molecule has 2 aliphatic heterocycles. The summed E-state index contributed by atoms with van der Waals surface area (Å²) in [5.74, 6) is -0.232. The van der Waals surface area contributed by atoms with Gasteiger partial charge in [-0.05, 0) is 38.5 Å². The molecule has 1 unspecified atom stereocenters. The highest BCUT2D eigenvalue weighted by Gasteiger charge is 2.73. The van der Waals surface area contributed by atoms with Crippen molar-refractivity contribution in [3.05, 3.63) is 0 Å². The molecule has 7 nitrogen and oxygen atoms in total. The first kappa shape index (κ1) is 22.8. The Hall–Kier alpha value is -0.890. The molecular formula is C21H34ClNO6. The smallest absolute Gasteiger partial charge is 0.414 e. The Morgan fingerprint density at radius 2 is 2.00 bits per heavy atom. The molecule has 7 atom stereocenters. The number of carbonyl (C=O) groups excluding carboxylic acids is 2. The zero-order chi connectivity index (χ0) is 21.4. The first-order valence-corrected chi connectivity index (χ1v) is 11.1. The molecule has 2 amide bonds. The Morgan fingerprint density at radius 3 is 2.52 bits per heavy atom. The van der Waals surface area contributed by atoms with Crippen LogP contribution in [-0.4, -0.2) is 61.1 Å². The van der Waals surface area contributed by atoms with Gasteiger partial charge in [-0.15, -0.1) is 11.6 Å². The van der Waals surface area contributed by atoms with Crippen LogP contribution in [0.1, 0.15) is 53.4 Å². The number of carbonyl (C=O) groups is 2. The Balaban J connectivity index is 1.79. The molecule has 0 aromatic heterocycles. The summed E-state index contributed by atoms with van der Waals surface area (Å²) in [4.78, 5) is 23.7. The summed E-state index contributed by atoms with van der Waals surface area (Å²) in [5, 5.41) is 2.16. The fourth-order valence-electron chi connectivity index (χ4n) is 5.17. The van der Waals surface area contributed by atoms with E-state index in [1.54, 1.807) is 7.11 Å². The number of epoxide rings is 2.